The highest BCUT2D eigenvalue weighted by molar-refractivity contribution is 9.10. The van der Waals surface area contributed by atoms with Gasteiger partial charge in [-0.1, -0.05) is 12.1 Å². The monoisotopic (exact) mass is 335 g/mol. The van der Waals surface area contributed by atoms with Crippen molar-refractivity contribution in [2.24, 2.45) is 0 Å². The summed E-state index contributed by atoms with van der Waals surface area (Å²) < 4.78 is 5.21. The van der Waals surface area contributed by atoms with Crippen LogP contribution in [0.5, 0.6) is 0 Å². The number of rotatable bonds is 5. The second-order valence-electron chi connectivity index (χ2n) is 4.44. The van der Waals surface area contributed by atoms with Crippen LogP contribution >= 0.6 is 27.5 Å². The Morgan fingerprint density at radius 2 is 2.32 bits per heavy atom. The molecule has 0 amide bonds. The third-order valence-corrected chi connectivity index (χ3v) is 4.43. The minimum atomic E-state index is 0.891. The van der Waals surface area contributed by atoms with Crippen LogP contribution in [0, 0.1) is 0 Å². The molecule has 3 nitrogen and oxygen atoms in total. The molecule has 0 unspecified atom stereocenters. The van der Waals surface area contributed by atoms with Crippen molar-refractivity contribution in [3.05, 3.63) is 51.6 Å². The number of hydrogen-bond acceptors (Lipinski definition) is 3. The van der Waals surface area contributed by atoms with Gasteiger partial charge in [0.05, 0.1) is 5.52 Å². The first kappa shape index (κ1) is 12.8. The Balaban J connectivity index is 1.61. The lowest BCUT2D eigenvalue weighted by atomic mass is 10.1. The molecule has 1 aromatic carbocycles. The summed E-state index contributed by atoms with van der Waals surface area (Å²) in [5.41, 5.74) is 3.79. The number of para-hydroxylation sites is 1. The Bertz CT molecular complexity index is 660. The molecule has 5 heteroatoms. The van der Waals surface area contributed by atoms with Crippen LogP contribution in [-0.2, 0) is 13.0 Å². The predicted octanol–water partition coefficient (Wildman–Crippen LogP) is 3.72. The standard InChI is InChI=1S/C14H14BrN3S/c15-13-3-1-2-12-11(8-17-14(12)13)4-5-16-6-10-7-18-19-9-10/h1-3,7-9,16-17H,4-6H2. The third kappa shape index (κ3) is 2.88. The number of H-pyrrole nitrogens is 1. The minimum absolute atomic E-state index is 0.891. The van der Waals surface area contributed by atoms with Gasteiger partial charge in [-0.05, 0) is 57.6 Å². The summed E-state index contributed by atoms with van der Waals surface area (Å²) >= 11 is 5.06. The molecule has 19 heavy (non-hydrogen) atoms. The van der Waals surface area contributed by atoms with Gasteiger partial charge in [0.15, 0.2) is 0 Å². The highest BCUT2D eigenvalue weighted by Crippen LogP contribution is 2.25. The maximum atomic E-state index is 4.09. The van der Waals surface area contributed by atoms with Crippen LogP contribution in [0.3, 0.4) is 0 Å². The number of benzene rings is 1. The molecule has 0 bridgehead atoms. The van der Waals surface area contributed by atoms with E-state index in [4.69, 9.17) is 0 Å². The minimum Gasteiger partial charge on any atom is -0.360 e. The van der Waals surface area contributed by atoms with E-state index in [1.807, 2.05) is 6.20 Å². The van der Waals surface area contributed by atoms with Crippen LogP contribution < -0.4 is 5.32 Å². The predicted molar refractivity (Wildman–Crippen MR) is 83.5 cm³/mol. The van der Waals surface area contributed by atoms with Gasteiger partial charge in [0.2, 0.25) is 0 Å². The lowest BCUT2D eigenvalue weighted by molar-refractivity contribution is 0.689. The first-order chi connectivity index (χ1) is 9.34. The zero-order valence-electron chi connectivity index (χ0n) is 10.3. The maximum Gasteiger partial charge on any atom is 0.0601 e. The van der Waals surface area contributed by atoms with Crippen molar-refractivity contribution in [1.29, 1.82) is 0 Å². The van der Waals surface area contributed by atoms with Gasteiger partial charge >= 0.3 is 0 Å². The van der Waals surface area contributed by atoms with E-state index >= 15 is 0 Å². The Hall–Kier alpha value is -1.17. The van der Waals surface area contributed by atoms with Gasteiger partial charge in [0.25, 0.3) is 0 Å². The van der Waals surface area contributed by atoms with E-state index in [0.29, 0.717) is 0 Å². The van der Waals surface area contributed by atoms with Crippen molar-refractivity contribution < 1.29 is 0 Å². The van der Waals surface area contributed by atoms with Gasteiger partial charge in [-0.3, -0.25) is 0 Å². The molecule has 0 radical (unpaired) electrons. The van der Waals surface area contributed by atoms with Crippen molar-refractivity contribution in [1.82, 2.24) is 14.7 Å². The van der Waals surface area contributed by atoms with Gasteiger partial charge in [0.1, 0.15) is 0 Å². The van der Waals surface area contributed by atoms with Gasteiger partial charge in [-0.25, -0.2) is 4.37 Å². The van der Waals surface area contributed by atoms with Gasteiger partial charge in [-0.2, -0.15) is 0 Å². The topological polar surface area (TPSA) is 40.7 Å². The van der Waals surface area contributed by atoms with E-state index in [9.17, 15) is 0 Å². The second kappa shape index (κ2) is 5.86. The number of halogens is 1. The lowest BCUT2D eigenvalue weighted by Crippen LogP contribution is -2.16. The summed E-state index contributed by atoms with van der Waals surface area (Å²) in [5, 5.41) is 6.83. The number of fused-ring (bicyclic) bond motifs is 1. The quantitative estimate of drug-likeness (QED) is 0.697. The fourth-order valence-corrected chi connectivity index (χ4v) is 3.17. The average Bonchev–Trinajstić information content (AvgIpc) is 3.05. The Morgan fingerprint density at radius 3 is 3.16 bits per heavy atom. The zero-order valence-corrected chi connectivity index (χ0v) is 12.7. The Morgan fingerprint density at radius 1 is 1.37 bits per heavy atom. The smallest absolute Gasteiger partial charge is 0.0601 e. The number of nitrogens with zero attached hydrogens (tertiary/aromatic N) is 1. The lowest BCUT2D eigenvalue weighted by Gasteiger charge is -2.02. The van der Waals surface area contributed by atoms with Crippen LogP contribution in [0.25, 0.3) is 10.9 Å². The van der Waals surface area contributed by atoms with Crippen molar-refractivity contribution in [2.75, 3.05) is 6.54 Å². The molecule has 0 aliphatic heterocycles. The SMILES string of the molecule is Brc1cccc2c(CCNCc3cnsc3)c[nH]c12. The average molecular weight is 336 g/mol. The fraction of sp³-hybridized carbons (Fsp3) is 0.214. The van der Waals surface area contributed by atoms with Gasteiger partial charge in [0, 0.05) is 34.2 Å². The van der Waals surface area contributed by atoms with E-state index in [-0.39, 0.29) is 0 Å². The molecule has 3 rings (SSSR count). The van der Waals surface area contributed by atoms with Crippen LogP contribution in [0.1, 0.15) is 11.1 Å². The second-order valence-corrected chi connectivity index (χ2v) is 5.95. The molecule has 3 aromatic rings. The van der Waals surface area contributed by atoms with Crippen molar-refractivity contribution in [2.45, 2.75) is 13.0 Å². The van der Waals surface area contributed by atoms with Gasteiger partial charge < -0.3 is 10.3 Å². The van der Waals surface area contributed by atoms with Crippen LogP contribution in [-0.4, -0.2) is 15.9 Å². The Kier molecular flexibility index (Phi) is 3.96. The summed E-state index contributed by atoms with van der Waals surface area (Å²) in [6.07, 6.45) is 5.04. The number of hydrogen-bond donors (Lipinski definition) is 2. The van der Waals surface area contributed by atoms with E-state index in [2.05, 4.69) is 60.4 Å². The zero-order chi connectivity index (χ0) is 13.1. The van der Waals surface area contributed by atoms with E-state index in [1.54, 1.807) is 0 Å². The summed E-state index contributed by atoms with van der Waals surface area (Å²) in [7, 11) is 0. The number of aromatic amines is 1. The maximum absolute atomic E-state index is 4.09. The molecule has 0 saturated heterocycles. The molecule has 0 fully saturated rings. The molecular formula is C14H14BrN3S. The molecule has 2 aromatic heterocycles. The molecule has 0 saturated carbocycles. The molecule has 0 aliphatic rings. The molecule has 2 N–H and O–H groups in total. The summed E-state index contributed by atoms with van der Waals surface area (Å²) in [4.78, 5) is 3.33. The summed E-state index contributed by atoms with van der Waals surface area (Å²) in [6, 6.07) is 6.30. The normalized spacial score (nSPS) is 11.2. The Labute approximate surface area is 124 Å². The molecule has 2 heterocycles. The number of aromatic nitrogens is 2. The first-order valence-electron chi connectivity index (χ1n) is 6.18. The molecule has 0 atom stereocenters. The summed E-state index contributed by atoms with van der Waals surface area (Å²) in [6.45, 7) is 1.86. The molecule has 0 aliphatic carbocycles. The third-order valence-electron chi connectivity index (χ3n) is 3.13. The first-order valence-corrected chi connectivity index (χ1v) is 7.81. The fourth-order valence-electron chi connectivity index (χ4n) is 2.15. The molecular weight excluding hydrogens is 322 g/mol. The van der Waals surface area contributed by atoms with E-state index < -0.39 is 0 Å². The molecule has 0 spiro atoms. The van der Waals surface area contributed by atoms with Crippen LogP contribution in [0.4, 0.5) is 0 Å². The van der Waals surface area contributed by atoms with Crippen molar-refractivity contribution in [3.63, 3.8) is 0 Å². The largest absolute Gasteiger partial charge is 0.360 e. The van der Waals surface area contributed by atoms with Gasteiger partial charge in [-0.15, -0.1) is 0 Å². The summed E-state index contributed by atoms with van der Waals surface area (Å²) in [5.74, 6) is 0. The van der Waals surface area contributed by atoms with Crippen LogP contribution in [0.2, 0.25) is 0 Å². The van der Waals surface area contributed by atoms with E-state index in [1.165, 1.54) is 33.6 Å². The molecule has 98 valence electrons. The van der Waals surface area contributed by atoms with E-state index in [0.717, 1.165) is 24.0 Å². The number of nitrogens with one attached hydrogen (secondary N) is 2. The van der Waals surface area contributed by atoms with Crippen molar-refractivity contribution >= 4 is 38.4 Å². The highest BCUT2D eigenvalue weighted by Gasteiger charge is 2.05. The highest BCUT2D eigenvalue weighted by atomic mass is 79.9. The van der Waals surface area contributed by atoms with Crippen molar-refractivity contribution in [3.8, 4) is 0 Å². The van der Waals surface area contributed by atoms with Crippen LogP contribution in [0.15, 0.2) is 40.4 Å².